The Kier molecular flexibility index (Phi) is 4.82. The van der Waals surface area contributed by atoms with Crippen LogP contribution in [0.2, 0.25) is 5.02 Å². The van der Waals surface area contributed by atoms with Crippen molar-refractivity contribution >= 4 is 33.1 Å². The van der Waals surface area contributed by atoms with Gasteiger partial charge in [0.1, 0.15) is 0 Å². The van der Waals surface area contributed by atoms with Gasteiger partial charge in [-0.2, -0.15) is 18.3 Å². The van der Waals surface area contributed by atoms with Crippen LogP contribution in [0.3, 0.4) is 0 Å². The fraction of sp³-hybridized carbons (Fsp3) is 0.133. The minimum atomic E-state index is -5.46. The Morgan fingerprint density at radius 2 is 1.96 bits per heavy atom. The van der Waals surface area contributed by atoms with Crippen molar-refractivity contribution in [3.05, 3.63) is 47.9 Å². The van der Waals surface area contributed by atoms with Gasteiger partial charge >= 0.3 is 5.51 Å². The van der Waals surface area contributed by atoms with E-state index >= 15 is 0 Å². The van der Waals surface area contributed by atoms with E-state index in [4.69, 9.17) is 11.6 Å². The molecule has 0 aliphatic heterocycles. The Morgan fingerprint density at radius 3 is 2.59 bits per heavy atom. The quantitative estimate of drug-likeness (QED) is 0.698. The van der Waals surface area contributed by atoms with Crippen molar-refractivity contribution in [2.24, 2.45) is 7.05 Å². The molecule has 3 rings (SSSR count). The number of hydrogen-bond acceptors (Lipinski definition) is 6. The van der Waals surface area contributed by atoms with Crippen molar-refractivity contribution in [3.8, 4) is 11.3 Å². The standard InChI is InChI=1S/C15H11ClF3N5O2S/c1-24-8-9(6-21-24)13-12(16)7-20-14(23-13)22-10-3-2-4-11(5-10)27(25,26)15(17,18)19/h2-8H,1H3,(H,20,22,23). The average molecular weight is 418 g/mol. The summed E-state index contributed by atoms with van der Waals surface area (Å²) in [5.74, 6) is 0.0276. The molecule has 7 nitrogen and oxygen atoms in total. The third-order valence-electron chi connectivity index (χ3n) is 3.43. The van der Waals surface area contributed by atoms with E-state index in [9.17, 15) is 21.6 Å². The Bertz CT molecular complexity index is 1100. The maximum atomic E-state index is 12.7. The number of nitrogens with zero attached hydrogens (tertiary/aromatic N) is 4. The smallest absolute Gasteiger partial charge is 0.324 e. The van der Waals surface area contributed by atoms with Crippen LogP contribution in [0.25, 0.3) is 11.3 Å². The van der Waals surface area contributed by atoms with Crippen LogP contribution in [0.5, 0.6) is 0 Å². The molecule has 0 radical (unpaired) electrons. The van der Waals surface area contributed by atoms with Crippen LogP contribution in [0.1, 0.15) is 0 Å². The second kappa shape index (κ2) is 6.82. The van der Waals surface area contributed by atoms with Crippen LogP contribution in [0.15, 0.2) is 47.8 Å². The number of sulfone groups is 1. The zero-order chi connectivity index (χ0) is 19.8. The molecule has 0 unspecified atom stereocenters. The normalized spacial score (nSPS) is 12.2. The van der Waals surface area contributed by atoms with Gasteiger partial charge in [-0.1, -0.05) is 17.7 Å². The first kappa shape index (κ1) is 19.1. The van der Waals surface area contributed by atoms with Crippen molar-refractivity contribution in [3.63, 3.8) is 0 Å². The van der Waals surface area contributed by atoms with Gasteiger partial charge in [-0.15, -0.1) is 0 Å². The Morgan fingerprint density at radius 1 is 1.22 bits per heavy atom. The largest absolute Gasteiger partial charge is 0.501 e. The first-order chi connectivity index (χ1) is 12.6. The van der Waals surface area contributed by atoms with Gasteiger partial charge in [0.15, 0.2) is 0 Å². The molecule has 27 heavy (non-hydrogen) atoms. The highest BCUT2D eigenvalue weighted by atomic mass is 35.5. The molecule has 1 N–H and O–H groups in total. The zero-order valence-corrected chi connectivity index (χ0v) is 15.1. The number of aryl methyl sites for hydroxylation is 1. The van der Waals surface area contributed by atoms with Gasteiger partial charge in [-0.05, 0) is 18.2 Å². The number of alkyl halides is 3. The Balaban J connectivity index is 1.94. The Hall–Kier alpha value is -2.66. The maximum Gasteiger partial charge on any atom is 0.501 e. The van der Waals surface area contributed by atoms with Gasteiger partial charge in [0.25, 0.3) is 9.84 Å². The van der Waals surface area contributed by atoms with E-state index in [1.807, 2.05) is 0 Å². The number of halogens is 4. The first-order valence-electron chi connectivity index (χ1n) is 7.28. The molecule has 0 bridgehead atoms. The predicted octanol–water partition coefficient (Wildman–Crippen LogP) is 3.57. The van der Waals surface area contributed by atoms with E-state index < -0.39 is 20.2 Å². The van der Waals surface area contributed by atoms with E-state index in [0.29, 0.717) is 11.3 Å². The number of anilines is 2. The summed E-state index contributed by atoms with van der Waals surface area (Å²) in [7, 11) is -3.75. The molecule has 0 saturated heterocycles. The second-order valence-corrected chi connectivity index (χ2v) is 7.74. The van der Waals surface area contributed by atoms with Crippen molar-refractivity contribution < 1.29 is 21.6 Å². The summed E-state index contributed by atoms with van der Waals surface area (Å²) < 4.78 is 62.7. The molecule has 2 heterocycles. The highest BCUT2D eigenvalue weighted by Crippen LogP contribution is 2.32. The van der Waals surface area contributed by atoms with E-state index in [2.05, 4.69) is 20.4 Å². The lowest BCUT2D eigenvalue weighted by Gasteiger charge is -2.11. The van der Waals surface area contributed by atoms with Crippen molar-refractivity contribution in [1.29, 1.82) is 0 Å². The van der Waals surface area contributed by atoms with Gasteiger partial charge in [-0.3, -0.25) is 4.68 Å². The van der Waals surface area contributed by atoms with E-state index in [0.717, 1.165) is 12.1 Å². The van der Waals surface area contributed by atoms with Crippen LogP contribution in [-0.2, 0) is 16.9 Å². The highest BCUT2D eigenvalue weighted by molar-refractivity contribution is 7.92. The number of nitrogens with one attached hydrogen (secondary N) is 1. The molecule has 0 atom stereocenters. The summed E-state index contributed by atoms with van der Waals surface area (Å²) in [6, 6.07) is 4.28. The molecular weight excluding hydrogens is 407 g/mol. The summed E-state index contributed by atoms with van der Waals surface area (Å²) in [4.78, 5) is 7.28. The minimum Gasteiger partial charge on any atom is -0.324 e. The van der Waals surface area contributed by atoms with Crippen LogP contribution in [-0.4, -0.2) is 33.7 Å². The SMILES string of the molecule is Cn1cc(-c2nc(Nc3cccc(S(=O)(=O)C(F)(F)F)c3)ncc2Cl)cn1. The van der Waals surface area contributed by atoms with Gasteiger partial charge in [0, 0.05) is 24.5 Å². The number of aromatic nitrogens is 4. The van der Waals surface area contributed by atoms with Crippen molar-refractivity contribution in [2.75, 3.05) is 5.32 Å². The van der Waals surface area contributed by atoms with Gasteiger partial charge in [-0.25, -0.2) is 18.4 Å². The van der Waals surface area contributed by atoms with E-state index in [-0.39, 0.29) is 16.7 Å². The number of hydrogen-bond donors (Lipinski definition) is 1. The first-order valence-corrected chi connectivity index (χ1v) is 9.14. The average Bonchev–Trinajstić information content (AvgIpc) is 3.02. The summed E-state index contributed by atoms with van der Waals surface area (Å²) in [5, 5.41) is 6.94. The van der Waals surface area contributed by atoms with Crippen LogP contribution in [0, 0.1) is 0 Å². The minimum absolute atomic E-state index is 0.0276. The molecule has 2 aromatic heterocycles. The number of benzene rings is 1. The molecule has 142 valence electrons. The molecule has 0 aliphatic rings. The molecule has 0 saturated carbocycles. The van der Waals surface area contributed by atoms with E-state index in [1.165, 1.54) is 24.5 Å². The molecule has 1 aromatic carbocycles. The summed E-state index contributed by atoms with van der Waals surface area (Å²) in [6.07, 6.45) is 4.53. The van der Waals surface area contributed by atoms with Crippen LogP contribution in [0.4, 0.5) is 24.8 Å². The van der Waals surface area contributed by atoms with Crippen LogP contribution < -0.4 is 5.32 Å². The summed E-state index contributed by atoms with van der Waals surface area (Å²) >= 11 is 6.08. The van der Waals surface area contributed by atoms with Gasteiger partial charge in [0.2, 0.25) is 5.95 Å². The summed E-state index contributed by atoms with van der Waals surface area (Å²) in [5.41, 5.74) is -4.35. The van der Waals surface area contributed by atoms with Crippen molar-refractivity contribution in [1.82, 2.24) is 19.7 Å². The molecule has 0 fully saturated rings. The summed E-state index contributed by atoms with van der Waals surface area (Å²) in [6.45, 7) is 0. The van der Waals surface area contributed by atoms with Gasteiger partial charge < -0.3 is 5.32 Å². The van der Waals surface area contributed by atoms with E-state index in [1.54, 1.807) is 17.9 Å². The fourth-order valence-electron chi connectivity index (χ4n) is 2.18. The Labute approximate surface area is 156 Å². The second-order valence-electron chi connectivity index (χ2n) is 5.39. The lowest BCUT2D eigenvalue weighted by Crippen LogP contribution is -2.23. The molecule has 3 aromatic rings. The van der Waals surface area contributed by atoms with Crippen LogP contribution >= 0.6 is 11.6 Å². The lowest BCUT2D eigenvalue weighted by molar-refractivity contribution is -0.0435. The lowest BCUT2D eigenvalue weighted by atomic mass is 10.2. The molecule has 0 aliphatic carbocycles. The third-order valence-corrected chi connectivity index (χ3v) is 5.19. The molecule has 0 amide bonds. The topological polar surface area (TPSA) is 89.8 Å². The predicted molar refractivity (Wildman–Crippen MR) is 92.2 cm³/mol. The highest BCUT2D eigenvalue weighted by Gasteiger charge is 2.46. The maximum absolute atomic E-state index is 12.7. The van der Waals surface area contributed by atoms with Crippen molar-refractivity contribution in [2.45, 2.75) is 10.4 Å². The monoisotopic (exact) mass is 417 g/mol. The van der Waals surface area contributed by atoms with Gasteiger partial charge in [0.05, 0.1) is 28.0 Å². The molecular formula is C15H11ClF3N5O2S. The molecule has 12 heteroatoms. The number of rotatable bonds is 4. The fourth-order valence-corrected chi connectivity index (χ4v) is 3.18. The molecule has 0 spiro atoms. The zero-order valence-electron chi connectivity index (χ0n) is 13.6. The third kappa shape index (κ3) is 3.88.